The fraction of sp³-hybridized carbons (Fsp3) is 0.812. The average Bonchev–Trinajstić information content (AvgIpc) is 3.36. The van der Waals surface area contributed by atoms with Crippen molar-refractivity contribution in [2.45, 2.75) is 32.6 Å². The smallest absolute Gasteiger partial charge is 0.236 e. The van der Waals surface area contributed by atoms with Crippen molar-refractivity contribution in [3.63, 3.8) is 0 Å². The van der Waals surface area contributed by atoms with E-state index in [0.29, 0.717) is 32.7 Å². The minimum absolute atomic E-state index is 0.0147. The number of piperazine rings is 1. The van der Waals surface area contributed by atoms with Gasteiger partial charge in [0, 0.05) is 32.1 Å². The van der Waals surface area contributed by atoms with Crippen LogP contribution in [0.4, 0.5) is 0 Å². The molecule has 7 nitrogen and oxygen atoms in total. The highest BCUT2D eigenvalue weighted by Gasteiger charge is 2.35. The highest BCUT2D eigenvalue weighted by Crippen LogP contribution is 2.31. The maximum atomic E-state index is 12.4. The first-order valence-electron chi connectivity index (χ1n) is 8.58. The van der Waals surface area contributed by atoms with Crippen LogP contribution in [0.1, 0.15) is 32.6 Å². The third-order valence-corrected chi connectivity index (χ3v) is 4.44. The first kappa shape index (κ1) is 17.7. The Hall–Kier alpha value is -1.63. The van der Waals surface area contributed by atoms with E-state index in [9.17, 15) is 14.4 Å². The minimum Gasteiger partial charge on any atom is -0.369 e. The standard InChI is InChI=1S/C16H28N4O3/c1-2-3-6-18(11-14(17)21)12-15(22)19-7-9-20(10-8-19)16(23)13-4-5-13/h13H,2-12H2,1H3,(H2,17,21). The second kappa shape index (κ2) is 8.29. The van der Waals surface area contributed by atoms with Crippen molar-refractivity contribution in [2.24, 2.45) is 11.7 Å². The molecule has 1 heterocycles. The van der Waals surface area contributed by atoms with Gasteiger partial charge in [0.15, 0.2) is 0 Å². The Morgan fingerprint density at radius 2 is 1.65 bits per heavy atom. The fourth-order valence-electron chi connectivity index (χ4n) is 2.87. The molecule has 0 aromatic heterocycles. The van der Waals surface area contributed by atoms with E-state index in [1.807, 2.05) is 9.80 Å². The van der Waals surface area contributed by atoms with Gasteiger partial charge >= 0.3 is 0 Å². The highest BCUT2D eigenvalue weighted by atomic mass is 16.2. The average molecular weight is 324 g/mol. The number of carbonyl (C=O) groups excluding carboxylic acids is 3. The van der Waals surface area contributed by atoms with E-state index < -0.39 is 5.91 Å². The zero-order valence-corrected chi connectivity index (χ0v) is 14.0. The normalized spacial score (nSPS) is 18.3. The summed E-state index contributed by atoms with van der Waals surface area (Å²) in [6.45, 7) is 5.50. The summed E-state index contributed by atoms with van der Waals surface area (Å²) in [4.78, 5) is 41.0. The molecule has 1 aliphatic heterocycles. The van der Waals surface area contributed by atoms with Gasteiger partial charge in [0.05, 0.1) is 13.1 Å². The maximum absolute atomic E-state index is 12.4. The molecule has 130 valence electrons. The van der Waals surface area contributed by atoms with Crippen molar-refractivity contribution < 1.29 is 14.4 Å². The van der Waals surface area contributed by atoms with E-state index in [4.69, 9.17) is 5.73 Å². The SMILES string of the molecule is CCCCN(CC(N)=O)CC(=O)N1CCN(C(=O)C2CC2)CC1. The lowest BCUT2D eigenvalue weighted by Crippen LogP contribution is -2.53. The molecule has 1 saturated heterocycles. The molecule has 0 unspecified atom stereocenters. The molecule has 3 amide bonds. The molecule has 0 atom stereocenters. The quantitative estimate of drug-likeness (QED) is 0.661. The van der Waals surface area contributed by atoms with Crippen LogP contribution in [-0.4, -0.2) is 78.2 Å². The lowest BCUT2D eigenvalue weighted by Gasteiger charge is -2.36. The van der Waals surface area contributed by atoms with Crippen molar-refractivity contribution in [3.05, 3.63) is 0 Å². The number of carbonyl (C=O) groups is 3. The number of hydrogen-bond donors (Lipinski definition) is 1. The van der Waals surface area contributed by atoms with Crippen molar-refractivity contribution >= 4 is 17.7 Å². The summed E-state index contributed by atoms with van der Waals surface area (Å²) < 4.78 is 0. The summed E-state index contributed by atoms with van der Waals surface area (Å²) in [5.41, 5.74) is 5.26. The van der Waals surface area contributed by atoms with Crippen LogP contribution < -0.4 is 5.73 Å². The van der Waals surface area contributed by atoms with Gasteiger partial charge < -0.3 is 15.5 Å². The summed E-state index contributed by atoms with van der Waals surface area (Å²) in [6.07, 6.45) is 3.96. The number of nitrogens with two attached hydrogens (primary N) is 1. The van der Waals surface area contributed by atoms with Gasteiger partial charge in [-0.1, -0.05) is 13.3 Å². The molecule has 0 aromatic carbocycles. The molecule has 1 saturated carbocycles. The van der Waals surface area contributed by atoms with Crippen LogP contribution in [0.5, 0.6) is 0 Å². The van der Waals surface area contributed by atoms with E-state index in [1.54, 1.807) is 4.90 Å². The Morgan fingerprint density at radius 3 is 2.17 bits per heavy atom. The molecule has 0 spiro atoms. The van der Waals surface area contributed by atoms with Crippen molar-refractivity contribution in [1.29, 1.82) is 0 Å². The van der Waals surface area contributed by atoms with Gasteiger partial charge in [0.25, 0.3) is 0 Å². The van der Waals surface area contributed by atoms with E-state index >= 15 is 0 Å². The van der Waals surface area contributed by atoms with Crippen molar-refractivity contribution in [3.8, 4) is 0 Å². The molecule has 2 fully saturated rings. The monoisotopic (exact) mass is 324 g/mol. The third kappa shape index (κ3) is 5.49. The number of nitrogens with zero attached hydrogens (tertiary/aromatic N) is 3. The Balaban J connectivity index is 1.77. The molecular formula is C16H28N4O3. The van der Waals surface area contributed by atoms with Crippen molar-refractivity contribution in [1.82, 2.24) is 14.7 Å². The fourth-order valence-corrected chi connectivity index (χ4v) is 2.87. The van der Waals surface area contributed by atoms with E-state index in [0.717, 1.165) is 25.7 Å². The van der Waals surface area contributed by atoms with Crippen LogP contribution in [0.15, 0.2) is 0 Å². The number of unbranched alkanes of at least 4 members (excludes halogenated alkanes) is 1. The molecule has 1 aliphatic carbocycles. The van der Waals surface area contributed by atoms with Crippen LogP contribution in [0.2, 0.25) is 0 Å². The van der Waals surface area contributed by atoms with Crippen LogP contribution in [0, 0.1) is 5.92 Å². The molecule has 23 heavy (non-hydrogen) atoms. The molecule has 2 N–H and O–H groups in total. The summed E-state index contributed by atoms with van der Waals surface area (Å²) in [6, 6.07) is 0. The Kier molecular flexibility index (Phi) is 6.38. The second-order valence-corrected chi connectivity index (χ2v) is 6.51. The zero-order chi connectivity index (χ0) is 16.8. The van der Waals surface area contributed by atoms with E-state index in [-0.39, 0.29) is 30.8 Å². The largest absolute Gasteiger partial charge is 0.369 e. The first-order chi connectivity index (χ1) is 11.0. The number of rotatable bonds is 8. The Bertz CT molecular complexity index is 443. The van der Waals surface area contributed by atoms with Crippen LogP contribution >= 0.6 is 0 Å². The van der Waals surface area contributed by atoms with Crippen LogP contribution in [0.3, 0.4) is 0 Å². The number of amides is 3. The second-order valence-electron chi connectivity index (χ2n) is 6.51. The lowest BCUT2D eigenvalue weighted by atomic mass is 10.2. The molecule has 0 bridgehead atoms. The summed E-state index contributed by atoms with van der Waals surface area (Å²) in [5.74, 6) is 0.0855. The first-order valence-corrected chi connectivity index (χ1v) is 8.58. The van der Waals surface area contributed by atoms with Gasteiger partial charge in [-0.25, -0.2) is 0 Å². The topological polar surface area (TPSA) is 86.9 Å². The third-order valence-electron chi connectivity index (χ3n) is 4.44. The molecule has 0 radical (unpaired) electrons. The van der Waals surface area contributed by atoms with Gasteiger partial charge in [-0.15, -0.1) is 0 Å². The zero-order valence-electron chi connectivity index (χ0n) is 14.0. The van der Waals surface area contributed by atoms with Gasteiger partial charge in [-0.2, -0.15) is 0 Å². The summed E-state index contributed by atoms with van der Waals surface area (Å²) in [5, 5.41) is 0. The Morgan fingerprint density at radius 1 is 1.04 bits per heavy atom. The minimum atomic E-state index is -0.409. The molecule has 2 aliphatic rings. The van der Waals surface area contributed by atoms with E-state index in [2.05, 4.69) is 6.92 Å². The van der Waals surface area contributed by atoms with Gasteiger partial charge in [-0.3, -0.25) is 19.3 Å². The molecule has 7 heteroatoms. The molecule has 2 rings (SSSR count). The summed E-state index contributed by atoms with van der Waals surface area (Å²) >= 11 is 0. The predicted octanol–water partition coefficient (Wildman–Crippen LogP) is -0.345. The van der Waals surface area contributed by atoms with Crippen LogP contribution in [0.25, 0.3) is 0 Å². The number of hydrogen-bond acceptors (Lipinski definition) is 4. The van der Waals surface area contributed by atoms with Gasteiger partial charge in [-0.05, 0) is 25.8 Å². The number of primary amides is 1. The predicted molar refractivity (Wildman–Crippen MR) is 86.4 cm³/mol. The molecular weight excluding hydrogens is 296 g/mol. The molecule has 0 aromatic rings. The van der Waals surface area contributed by atoms with E-state index in [1.165, 1.54) is 0 Å². The van der Waals surface area contributed by atoms with Crippen LogP contribution in [-0.2, 0) is 14.4 Å². The van der Waals surface area contributed by atoms with Gasteiger partial charge in [0.2, 0.25) is 17.7 Å². The van der Waals surface area contributed by atoms with Crippen molar-refractivity contribution in [2.75, 3.05) is 45.8 Å². The highest BCUT2D eigenvalue weighted by molar-refractivity contribution is 5.82. The lowest BCUT2D eigenvalue weighted by molar-refractivity contribution is -0.141. The Labute approximate surface area is 137 Å². The van der Waals surface area contributed by atoms with Gasteiger partial charge in [0.1, 0.15) is 0 Å². The maximum Gasteiger partial charge on any atom is 0.236 e. The summed E-state index contributed by atoms with van der Waals surface area (Å²) in [7, 11) is 0.